The second kappa shape index (κ2) is 76.3. The maximum atomic E-state index is 0. The Morgan fingerprint density at radius 3 is 0.429 bits per heavy atom. The van der Waals surface area contributed by atoms with Gasteiger partial charge in [-0.15, -0.1) is 0 Å². The molecule has 0 aromatic rings. The summed E-state index contributed by atoms with van der Waals surface area (Å²) in [4.78, 5) is 0. The summed E-state index contributed by atoms with van der Waals surface area (Å²) >= 11 is 0. The molecule has 0 spiro atoms. The third-order valence-corrected chi connectivity index (χ3v) is 0. The predicted octanol–water partition coefficient (Wildman–Crippen LogP) is -1.00. The van der Waals surface area contributed by atoms with E-state index in [1.54, 1.807) is 0 Å². The first-order valence-electron chi connectivity index (χ1n) is 0. The molecule has 0 aromatic heterocycles. The molecule has 0 amide bonds. The quantitative estimate of drug-likeness (QED) is 0.283. The van der Waals surface area contributed by atoms with E-state index in [1.165, 1.54) is 0 Å². The molecule has 0 bridgehead atoms. The largest absolute Gasteiger partial charge is 3.00 e. The summed E-state index contributed by atoms with van der Waals surface area (Å²) in [6.07, 6.45) is 0. The fourth-order valence-electron chi connectivity index (χ4n) is 0. The Kier molecular flexibility index (Phi) is 1190. The molecular formula is H6Bi2O3P2. The summed E-state index contributed by atoms with van der Waals surface area (Å²) in [7, 11) is 0. The van der Waals surface area contributed by atoms with Gasteiger partial charge in [-0.05, 0) is 0 Å². The van der Waals surface area contributed by atoms with E-state index in [4.69, 9.17) is 0 Å². The number of hydrogen-bond donors (Lipinski definition) is 0. The molecule has 0 heterocycles. The normalized spacial score (nSPS) is 0. The van der Waals surface area contributed by atoms with Gasteiger partial charge in [-0.3, -0.25) is 0 Å². The van der Waals surface area contributed by atoms with Crippen LogP contribution in [-0.4, -0.2) is 52.4 Å². The van der Waals surface area contributed by atoms with Crippen molar-refractivity contribution in [2.75, 3.05) is 0 Å². The summed E-state index contributed by atoms with van der Waals surface area (Å²) in [6, 6.07) is 0. The zero-order valence-corrected chi connectivity index (χ0v) is 13.3. The zero-order chi connectivity index (χ0) is 0. The number of hydrogen-bond acceptors (Lipinski definition) is 0. The predicted molar refractivity (Wildman–Crippen MR) is 35.8 cm³/mol. The third kappa shape index (κ3) is 57.3. The second-order valence-corrected chi connectivity index (χ2v) is 0. The van der Waals surface area contributed by atoms with Crippen LogP contribution in [0.1, 0.15) is 0 Å². The van der Waals surface area contributed by atoms with Gasteiger partial charge in [-0.25, -0.2) is 0 Å². The van der Waals surface area contributed by atoms with Crippen molar-refractivity contribution < 1.29 is 16.4 Å². The van der Waals surface area contributed by atoms with Crippen LogP contribution in [0.4, 0.5) is 0 Å². The van der Waals surface area contributed by atoms with Crippen molar-refractivity contribution in [3.05, 3.63) is 0 Å². The van der Waals surface area contributed by atoms with Crippen molar-refractivity contribution in [1.82, 2.24) is 0 Å². The van der Waals surface area contributed by atoms with E-state index in [9.17, 15) is 0 Å². The molecule has 0 aliphatic carbocycles. The van der Waals surface area contributed by atoms with Crippen LogP contribution in [0.2, 0.25) is 0 Å². The molecule has 44 valence electrons. The maximum Gasteiger partial charge on any atom is 3.00 e. The molecule has 0 aliphatic rings. The van der Waals surface area contributed by atoms with E-state index in [1.807, 2.05) is 0 Å². The summed E-state index contributed by atoms with van der Waals surface area (Å²) < 4.78 is 0. The SMILES string of the molecule is P.P.[Bi+3].[Bi+3].[O-2].[O-2].[O-2]. The molecule has 0 aliphatic heterocycles. The van der Waals surface area contributed by atoms with E-state index in [0.717, 1.165) is 0 Å². The standard InChI is InChI=1S/2Bi.3O.2H3P/h;;;;;2*1H3/q2*+3;3*-2;;. The summed E-state index contributed by atoms with van der Waals surface area (Å²) in [5.74, 6) is 0. The Morgan fingerprint density at radius 1 is 0.429 bits per heavy atom. The van der Waals surface area contributed by atoms with Crippen LogP contribution in [0.3, 0.4) is 0 Å². The van der Waals surface area contributed by atoms with E-state index in [2.05, 4.69) is 0 Å². The molecule has 0 saturated carbocycles. The molecule has 3 nitrogen and oxygen atoms in total. The van der Waals surface area contributed by atoms with Gasteiger partial charge >= 0.3 is 52.4 Å². The molecule has 7 heavy (non-hydrogen) atoms. The molecule has 0 saturated heterocycles. The Labute approximate surface area is 87.8 Å². The van der Waals surface area contributed by atoms with Gasteiger partial charge in [0.2, 0.25) is 0 Å². The Balaban J connectivity index is 0. The van der Waals surface area contributed by atoms with Crippen molar-refractivity contribution in [3.63, 3.8) is 0 Å². The Morgan fingerprint density at radius 2 is 0.429 bits per heavy atom. The molecule has 2 unspecified atom stereocenters. The first-order chi connectivity index (χ1) is 0. The van der Waals surface area contributed by atoms with Gasteiger partial charge < -0.3 is 16.4 Å². The van der Waals surface area contributed by atoms with Crippen molar-refractivity contribution >= 4 is 72.2 Å². The Bertz CT molecular complexity index is 10.9. The maximum absolute atomic E-state index is 0. The van der Waals surface area contributed by atoms with Crippen molar-refractivity contribution in [1.29, 1.82) is 0 Å². The second-order valence-electron chi connectivity index (χ2n) is 0. The monoisotopic (exact) mass is 534 g/mol. The van der Waals surface area contributed by atoms with Gasteiger partial charge in [-0.1, -0.05) is 0 Å². The van der Waals surface area contributed by atoms with E-state index in [-0.39, 0.29) is 88.6 Å². The van der Waals surface area contributed by atoms with Crippen LogP contribution >= 0.6 is 19.8 Å². The smallest absolute Gasteiger partial charge is 2.00 e. The van der Waals surface area contributed by atoms with Crippen LogP contribution in [0.5, 0.6) is 0 Å². The molecule has 7 heteroatoms. The fraction of sp³-hybridized carbons (Fsp3) is 0. The molecule has 2 atom stereocenters. The van der Waals surface area contributed by atoms with Gasteiger partial charge in [0.1, 0.15) is 0 Å². The van der Waals surface area contributed by atoms with Crippen LogP contribution < -0.4 is 0 Å². The van der Waals surface area contributed by atoms with Crippen LogP contribution in [0.15, 0.2) is 0 Å². The van der Waals surface area contributed by atoms with Crippen molar-refractivity contribution in [3.8, 4) is 0 Å². The van der Waals surface area contributed by atoms with E-state index in [0.29, 0.717) is 0 Å². The van der Waals surface area contributed by atoms with Gasteiger partial charge in [0.05, 0.1) is 0 Å². The molecule has 0 N–H and O–H groups in total. The molecule has 0 fully saturated rings. The fourth-order valence-corrected chi connectivity index (χ4v) is 0. The molecular weight excluding hydrogens is 528 g/mol. The number of rotatable bonds is 0. The average molecular weight is 534 g/mol. The van der Waals surface area contributed by atoms with Crippen LogP contribution in [0.25, 0.3) is 0 Å². The third-order valence-electron chi connectivity index (χ3n) is 0. The minimum atomic E-state index is 0. The van der Waals surface area contributed by atoms with E-state index < -0.39 is 0 Å². The average Bonchev–Trinajstić information content (AvgIpc) is 0. The van der Waals surface area contributed by atoms with Crippen LogP contribution in [-0.2, 0) is 16.4 Å². The summed E-state index contributed by atoms with van der Waals surface area (Å²) in [5.41, 5.74) is 0. The first kappa shape index (κ1) is 110. The summed E-state index contributed by atoms with van der Waals surface area (Å²) in [5, 5.41) is 0. The van der Waals surface area contributed by atoms with Crippen molar-refractivity contribution in [2.45, 2.75) is 0 Å². The van der Waals surface area contributed by atoms with Gasteiger partial charge in [0.15, 0.2) is 0 Å². The van der Waals surface area contributed by atoms with E-state index >= 15 is 0 Å². The molecule has 0 aromatic carbocycles. The molecule has 0 rings (SSSR count). The summed E-state index contributed by atoms with van der Waals surface area (Å²) in [6.45, 7) is 0. The first-order valence-corrected chi connectivity index (χ1v) is 0. The van der Waals surface area contributed by atoms with Gasteiger partial charge in [0, 0.05) is 0 Å². The van der Waals surface area contributed by atoms with Gasteiger partial charge in [-0.2, -0.15) is 19.8 Å². The van der Waals surface area contributed by atoms with Gasteiger partial charge in [0.25, 0.3) is 0 Å². The minimum Gasteiger partial charge on any atom is -2.00 e. The zero-order valence-electron chi connectivity index (χ0n) is 3.53. The van der Waals surface area contributed by atoms with Crippen molar-refractivity contribution in [2.24, 2.45) is 0 Å². The van der Waals surface area contributed by atoms with Crippen LogP contribution in [0, 0.1) is 0 Å². The molecule has 4 radical (unpaired) electrons. The topological polar surface area (TPSA) is 85.5 Å². The Hall–Kier alpha value is 2.51. The minimum absolute atomic E-state index is 0.